The van der Waals surface area contributed by atoms with Crippen LogP contribution in [0.4, 0.5) is 0 Å². The maximum absolute atomic E-state index is 2.46. The van der Waals surface area contributed by atoms with Gasteiger partial charge in [-0.05, 0) is 17.3 Å². The molecule has 0 saturated carbocycles. The first-order valence-electron chi connectivity index (χ1n) is 6.50. The summed E-state index contributed by atoms with van der Waals surface area (Å²) in [4.78, 5) is 0. The molecule has 0 heterocycles. The van der Waals surface area contributed by atoms with Gasteiger partial charge in [-0.2, -0.15) is 0 Å². The van der Waals surface area contributed by atoms with Crippen LogP contribution in [0.3, 0.4) is 0 Å². The van der Waals surface area contributed by atoms with Gasteiger partial charge in [-0.25, -0.2) is 0 Å². The average molecular weight is 198 g/mol. The van der Waals surface area contributed by atoms with Crippen molar-refractivity contribution in [3.8, 4) is 0 Å². The van der Waals surface area contributed by atoms with Crippen LogP contribution in [0.5, 0.6) is 0 Å². The molecule has 0 aliphatic carbocycles. The minimum absolute atomic E-state index is 0.526. The second kappa shape index (κ2) is 6.48. The Bertz CT molecular complexity index is 131. The van der Waals surface area contributed by atoms with Crippen molar-refractivity contribution in [2.75, 3.05) is 0 Å². The van der Waals surface area contributed by atoms with E-state index in [0.717, 1.165) is 11.8 Å². The Balaban J connectivity index is 4.25. The third-order valence-electron chi connectivity index (χ3n) is 4.30. The fourth-order valence-electron chi connectivity index (χ4n) is 2.63. The van der Waals surface area contributed by atoms with Crippen LogP contribution in [0.1, 0.15) is 73.6 Å². The normalized spacial score (nSPS) is 14.8. The first-order chi connectivity index (χ1) is 6.50. The van der Waals surface area contributed by atoms with Crippen LogP contribution in [0.25, 0.3) is 0 Å². The molecule has 0 saturated heterocycles. The Morgan fingerprint density at radius 2 is 1.50 bits per heavy atom. The number of unbranched alkanes of at least 4 members (excludes halogenated alkanes) is 1. The summed E-state index contributed by atoms with van der Waals surface area (Å²) < 4.78 is 0. The summed E-state index contributed by atoms with van der Waals surface area (Å²) in [6.45, 7) is 14.3. The third kappa shape index (κ3) is 3.63. The highest BCUT2D eigenvalue weighted by Gasteiger charge is 2.31. The van der Waals surface area contributed by atoms with Crippen molar-refractivity contribution in [3.05, 3.63) is 0 Å². The topological polar surface area (TPSA) is 0 Å². The molecule has 0 nitrogen and oxygen atoms in total. The van der Waals surface area contributed by atoms with Gasteiger partial charge in [0.05, 0.1) is 0 Å². The lowest BCUT2D eigenvalue weighted by atomic mass is 9.66. The Kier molecular flexibility index (Phi) is 6.48. The first-order valence-corrected chi connectivity index (χ1v) is 6.50. The molecule has 0 N–H and O–H groups in total. The van der Waals surface area contributed by atoms with E-state index in [0.29, 0.717) is 5.41 Å². The highest BCUT2D eigenvalue weighted by molar-refractivity contribution is 4.81. The number of hydrogen-bond acceptors (Lipinski definition) is 0. The van der Waals surface area contributed by atoms with Crippen molar-refractivity contribution >= 4 is 0 Å². The van der Waals surface area contributed by atoms with Crippen molar-refractivity contribution in [1.29, 1.82) is 0 Å². The minimum Gasteiger partial charge on any atom is -0.0654 e. The molecular formula is C14H30. The predicted octanol–water partition coefficient (Wildman–Crippen LogP) is 5.28. The molecule has 1 atom stereocenters. The summed E-state index contributed by atoms with van der Waals surface area (Å²) in [5, 5.41) is 0. The van der Waals surface area contributed by atoms with Crippen LogP contribution in [0.2, 0.25) is 0 Å². The van der Waals surface area contributed by atoms with E-state index in [2.05, 4.69) is 41.5 Å². The van der Waals surface area contributed by atoms with Gasteiger partial charge >= 0.3 is 0 Å². The summed E-state index contributed by atoms with van der Waals surface area (Å²) in [6.07, 6.45) is 6.80. The molecule has 0 heteroatoms. The lowest BCUT2D eigenvalue weighted by Gasteiger charge is -2.39. The van der Waals surface area contributed by atoms with E-state index in [1.165, 1.54) is 32.1 Å². The van der Waals surface area contributed by atoms with Gasteiger partial charge < -0.3 is 0 Å². The van der Waals surface area contributed by atoms with Crippen LogP contribution in [0, 0.1) is 17.3 Å². The SMILES string of the molecule is CCCCC(C)C(C)(C)C(CC)CC. The molecule has 0 spiro atoms. The lowest BCUT2D eigenvalue weighted by Crippen LogP contribution is -2.30. The van der Waals surface area contributed by atoms with Gasteiger partial charge in [0.2, 0.25) is 0 Å². The van der Waals surface area contributed by atoms with Crippen molar-refractivity contribution < 1.29 is 0 Å². The minimum atomic E-state index is 0.526. The second-order valence-electron chi connectivity index (χ2n) is 5.38. The fourth-order valence-corrected chi connectivity index (χ4v) is 2.63. The second-order valence-corrected chi connectivity index (χ2v) is 5.38. The molecule has 0 aromatic carbocycles. The quantitative estimate of drug-likeness (QED) is 0.522. The highest BCUT2D eigenvalue weighted by Crippen LogP contribution is 2.41. The molecule has 14 heavy (non-hydrogen) atoms. The van der Waals surface area contributed by atoms with E-state index >= 15 is 0 Å². The van der Waals surface area contributed by atoms with Gasteiger partial charge in [0.25, 0.3) is 0 Å². The van der Waals surface area contributed by atoms with E-state index in [1.807, 2.05) is 0 Å². The van der Waals surface area contributed by atoms with E-state index in [-0.39, 0.29) is 0 Å². The van der Waals surface area contributed by atoms with Crippen molar-refractivity contribution in [2.45, 2.75) is 73.6 Å². The molecule has 0 fully saturated rings. The molecule has 0 aliphatic rings. The zero-order chi connectivity index (χ0) is 11.2. The fraction of sp³-hybridized carbons (Fsp3) is 1.00. The predicted molar refractivity (Wildman–Crippen MR) is 66.5 cm³/mol. The monoisotopic (exact) mass is 198 g/mol. The van der Waals surface area contributed by atoms with Gasteiger partial charge in [-0.15, -0.1) is 0 Å². The van der Waals surface area contributed by atoms with E-state index in [4.69, 9.17) is 0 Å². The molecule has 86 valence electrons. The molecule has 1 unspecified atom stereocenters. The molecule has 0 aliphatic heterocycles. The van der Waals surface area contributed by atoms with Gasteiger partial charge in [-0.3, -0.25) is 0 Å². The highest BCUT2D eigenvalue weighted by atomic mass is 14.4. The van der Waals surface area contributed by atoms with Gasteiger partial charge in [-0.1, -0.05) is 73.6 Å². The zero-order valence-corrected chi connectivity index (χ0v) is 11.2. The van der Waals surface area contributed by atoms with Crippen molar-refractivity contribution in [3.63, 3.8) is 0 Å². The van der Waals surface area contributed by atoms with Crippen LogP contribution >= 0.6 is 0 Å². The van der Waals surface area contributed by atoms with Crippen LogP contribution in [0.15, 0.2) is 0 Å². The molecule has 0 rings (SSSR count). The van der Waals surface area contributed by atoms with Crippen molar-refractivity contribution in [1.82, 2.24) is 0 Å². The van der Waals surface area contributed by atoms with Gasteiger partial charge in [0.15, 0.2) is 0 Å². The molecule has 0 amide bonds. The van der Waals surface area contributed by atoms with Gasteiger partial charge in [0.1, 0.15) is 0 Å². The summed E-state index contributed by atoms with van der Waals surface area (Å²) >= 11 is 0. The smallest absolute Gasteiger partial charge is 0.0300 e. The standard InChI is InChI=1S/C14H30/c1-7-10-11-12(4)14(5,6)13(8-2)9-3/h12-13H,7-11H2,1-6H3. The van der Waals surface area contributed by atoms with Crippen LogP contribution in [-0.2, 0) is 0 Å². The molecule has 0 bridgehead atoms. The summed E-state index contributed by atoms with van der Waals surface area (Å²) in [5.41, 5.74) is 0.526. The third-order valence-corrected chi connectivity index (χ3v) is 4.30. The Hall–Kier alpha value is 0. The Morgan fingerprint density at radius 1 is 1.00 bits per heavy atom. The van der Waals surface area contributed by atoms with E-state index in [1.54, 1.807) is 0 Å². The molecule has 0 radical (unpaired) electrons. The summed E-state index contributed by atoms with van der Waals surface area (Å²) in [6, 6.07) is 0. The number of rotatable bonds is 7. The maximum Gasteiger partial charge on any atom is -0.0300 e. The largest absolute Gasteiger partial charge is 0.0654 e. The first kappa shape index (κ1) is 14.0. The van der Waals surface area contributed by atoms with Crippen LogP contribution in [-0.4, -0.2) is 0 Å². The lowest BCUT2D eigenvalue weighted by molar-refractivity contribution is 0.109. The molecular weight excluding hydrogens is 168 g/mol. The Morgan fingerprint density at radius 3 is 1.86 bits per heavy atom. The molecule has 0 aromatic rings. The Labute approximate surface area is 91.5 Å². The maximum atomic E-state index is 2.46. The van der Waals surface area contributed by atoms with Crippen LogP contribution < -0.4 is 0 Å². The summed E-state index contributed by atoms with van der Waals surface area (Å²) in [5.74, 6) is 1.77. The zero-order valence-electron chi connectivity index (χ0n) is 11.2. The van der Waals surface area contributed by atoms with Crippen molar-refractivity contribution in [2.24, 2.45) is 17.3 Å². The molecule has 0 aromatic heterocycles. The summed E-state index contributed by atoms with van der Waals surface area (Å²) in [7, 11) is 0. The van der Waals surface area contributed by atoms with E-state index in [9.17, 15) is 0 Å². The van der Waals surface area contributed by atoms with E-state index < -0.39 is 0 Å². The number of hydrogen-bond donors (Lipinski definition) is 0. The average Bonchev–Trinajstić information content (AvgIpc) is 2.15. The van der Waals surface area contributed by atoms with Gasteiger partial charge in [0, 0.05) is 0 Å².